The van der Waals surface area contributed by atoms with Gasteiger partial charge in [0, 0.05) is 56.8 Å². The minimum atomic E-state index is -1.14. The predicted molar refractivity (Wildman–Crippen MR) is 148 cm³/mol. The van der Waals surface area contributed by atoms with Crippen molar-refractivity contribution >= 4 is 33.4 Å². The molecule has 0 saturated carbocycles. The maximum Gasteiger partial charge on any atom is 0.213 e. The highest BCUT2D eigenvalue weighted by molar-refractivity contribution is 6.30. The molecule has 9 nitrogen and oxygen atoms in total. The summed E-state index contributed by atoms with van der Waals surface area (Å²) < 4.78 is 44.4. The second-order valence-corrected chi connectivity index (χ2v) is 9.20. The van der Waals surface area contributed by atoms with Crippen molar-refractivity contribution in [2.24, 2.45) is 0 Å². The molecule has 0 fully saturated rings. The van der Waals surface area contributed by atoms with E-state index in [1.807, 2.05) is 18.2 Å². The molecule has 2 aliphatic rings. The summed E-state index contributed by atoms with van der Waals surface area (Å²) in [7, 11) is 0. The summed E-state index contributed by atoms with van der Waals surface area (Å²) in [5.41, 5.74) is -4.17. The van der Waals surface area contributed by atoms with Gasteiger partial charge in [0.25, 0.3) is 0 Å². The molecule has 0 unspecified atom stereocenters. The molecule has 0 atom stereocenters. The second kappa shape index (κ2) is 10.9. The summed E-state index contributed by atoms with van der Waals surface area (Å²) in [4.78, 5) is 3.45. The monoisotopic (exact) mass is 585 g/mol. The van der Waals surface area contributed by atoms with E-state index in [1.54, 1.807) is 24.3 Å². The Morgan fingerprint density at radius 2 is 0.978 bits per heavy atom. The van der Waals surface area contributed by atoms with Crippen molar-refractivity contribution in [2.75, 3.05) is 0 Å². The average molecular weight is 585 g/mol. The molecule has 0 N–H and O–H groups in total. The van der Waals surface area contributed by atoms with Crippen molar-refractivity contribution < 1.29 is 13.2 Å². The number of benzene rings is 2. The predicted octanol–water partition coefficient (Wildman–Crippen LogP) is 5.74. The van der Waals surface area contributed by atoms with Crippen LogP contribution < -0.4 is 0 Å². The molecule has 0 bridgehead atoms. The number of hydrogen-bond donors (Lipinski definition) is 0. The lowest BCUT2D eigenvalue weighted by atomic mass is 9.89. The van der Waals surface area contributed by atoms with Crippen LogP contribution in [0.5, 0.6) is 0 Å². The number of rotatable bonds is 2. The van der Waals surface area contributed by atoms with Crippen molar-refractivity contribution in [2.45, 2.75) is 0 Å². The number of aromatic nitrogens is 1. The first-order valence-corrected chi connectivity index (χ1v) is 12.3. The van der Waals surface area contributed by atoms with Gasteiger partial charge in [0.15, 0.2) is 0 Å². The van der Waals surface area contributed by atoms with Crippen molar-refractivity contribution in [3.63, 3.8) is 0 Å². The molecule has 0 spiro atoms. The van der Waals surface area contributed by atoms with Gasteiger partial charge >= 0.3 is 0 Å². The minimum absolute atomic E-state index is 0.0168. The molecule has 2 aromatic carbocycles. The van der Waals surface area contributed by atoms with Gasteiger partial charge in [0.2, 0.25) is 5.95 Å². The summed E-state index contributed by atoms with van der Waals surface area (Å²) in [6.45, 7) is 0. The molecule has 3 aromatic rings. The van der Waals surface area contributed by atoms with E-state index in [1.165, 1.54) is 18.2 Å². The smallest absolute Gasteiger partial charge is 0.213 e. The van der Waals surface area contributed by atoms with Crippen molar-refractivity contribution in [3.05, 3.63) is 110 Å². The van der Waals surface area contributed by atoms with Crippen LogP contribution in [0.15, 0.2) is 47.7 Å². The standard InChI is InChI=1S/C33H6F3N9/c34-27-4-24(28(35)1-15(27)6-37)33-26(13-44)21-3-22-20(2-23(21)31(33)17(9-40)10-41)25(12-43)32(30(22)16(7-38)8-39)19-5-29(36)45-14-18(19)11-42/h1-5,14H. The second-order valence-electron chi connectivity index (χ2n) is 9.20. The highest BCUT2D eigenvalue weighted by Gasteiger charge is 2.38. The number of nitrogens with zero attached hydrogens (tertiary/aromatic N) is 9. The first-order valence-electron chi connectivity index (χ1n) is 12.3. The number of hydrogen-bond acceptors (Lipinski definition) is 9. The van der Waals surface area contributed by atoms with Crippen LogP contribution in [0.1, 0.15) is 44.5 Å². The topological polar surface area (TPSA) is 203 Å². The van der Waals surface area contributed by atoms with Gasteiger partial charge in [0.1, 0.15) is 71.3 Å². The number of pyridine rings is 1. The van der Waals surface area contributed by atoms with Gasteiger partial charge in [-0.1, -0.05) is 0 Å². The van der Waals surface area contributed by atoms with E-state index < -0.39 is 39.9 Å². The minimum Gasteiger partial charge on any atom is -0.227 e. The normalized spacial score (nSPS) is 12.3. The summed E-state index contributed by atoms with van der Waals surface area (Å²) in [6, 6.07) is 18.6. The Bertz CT molecular complexity index is 2410. The summed E-state index contributed by atoms with van der Waals surface area (Å²) in [5.74, 6) is -3.30. The molecule has 0 radical (unpaired) electrons. The third-order valence-electron chi connectivity index (χ3n) is 7.11. The third kappa shape index (κ3) is 4.15. The van der Waals surface area contributed by atoms with E-state index in [4.69, 9.17) is 5.26 Å². The van der Waals surface area contributed by atoms with Crippen LogP contribution >= 0.6 is 0 Å². The van der Waals surface area contributed by atoms with E-state index in [2.05, 4.69) is 4.98 Å². The van der Waals surface area contributed by atoms with Gasteiger partial charge in [-0.05, 0) is 35.4 Å². The number of allylic oxidation sites excluding steroid dienone is 8. The Morgan fingerprint density at radius 1 is 0.489 bits per heavy atom. The zero-order valence-corrected chi connectivity index (χ0v) is 22.1. The van der Waals surface area contributed by atoms with Gasteiger partial charge < -0.3 is 0 Å². The molecule has 204 valence electrons. The Kier molecular flexibility index (Phi) is 6.98. The lowest BCUT2D eigenvalue weighted by Crippen LogP contribution is -1.98. The number of halogens is 3. The van der Waals surface area contributed by atoms with Crippen molar-refractivity contribution in [1.29, 1.82) is 42.1 Å². The lowest BCUT2D eigenvalue weighted by Gasteiger charge is -2.11. The fraction of sp³-hybridized carbons (Fsp3) is 0. The lowest BCUT2D eigenvalue weighted by molar-refractivity contribution is 0.583. The summed E-state index contributed by atoms with van der Waals surface area (Å²) >= 11 is 0. The van der Waals surface area contributed by atoms with Crippen LogP contribution in [0.2, 0.25) is 0 Å². The summed E-state index contributed by atoms with van der Waals surface area (Å²) in [5, 5.41) is 78.7. The SMILES string of the molecule is N#CC(C#N)=C1C(c2cc(F)c(C#N)cc2F)=C(C#N)c2cc3c(cc21)C(C#N)=C(c1cc(F)ncc1C#N)C3=C(C#N)C#N. The Labute approximate surface area is 251 Å². The van der Waals surface area contributed by atoms with E-state index >= 15 is 4.39 Å². The van der Waals surface area contributed by atoms with E-state index in [-0.39, 0.29) is 66.8 Å². The van der Waals surface area contributed by atoms with Crippen LogP contribution in [0.4, 0.5) is 13.2 Å². The van der Waals surface area contributed by atoms with Gasteiger partial charge in [-0.3, -0.25) is 0 Å². The van der Waals surface area contributed by atoms with Crippen molar-refractivity contribution in [1.82, 2.24) is 4.98 Å². The molecule has 0 saturated heterocycles. The highest BCUT2D eigenvalue weighted by atomic mass is 19.1. The van der Waals surface area contributed by atoms with Gasteiger partial charge in [-0.2, -0.15) is 46.5 Å². The molecule has 1 aromatic heterocycles. The molecule has 2 aliphatic carbocycles. The van der Waals surface area contributed by atoms with Crippen LogP contribution in [0.25, 0.3) is 33.4 Å². The van der Waals surface area contributed by atoms with Crippen LogP contribution in [-0.2, 0) is 0 Å². The molecule has 5 rings (SSSR count). The Balaban J connectivity index is 1.97. The van der Waals surface area contributed by atoms with E-state index in [0.717, 1.165) is 12.3 Å². The van der Waals surface area contributed by atoms with Gasteiger partial charge in [0.05, 0.1) is 22.3 Å². The Hall–Kier alpha value is -7.74. The molecule has 12 heteroatoms. The molecule has 0 aliphatic heterocycles. The summed E-state index contributed by atoms with van der Waals surface area (Å²) in [6.07, 6.45) is 0.909. The van der Waals surface area contributed by atoms with Gasteiger partial charge in [-0.15, -0.1) is 0 Å². The maximum absolute atomic E-state index is 15.4. The maximum atomic E-state index is 15.4. The zero-order valence-electron chi connectivity index (χ0n) is 22.1. The molecular formula is C33H6F3N9. The molecule has 45 heavy (non-hydrogen) atoms. The Morgan fingerprint density at radius 3 is 1.42 bits per heavy atom. The molecule has 1 heterocycles. The van der Waals surface area contributed by atoms with Crippen LogP contribution in [0.3, 0.4) is 0 Å². The van der Waals surface area contributed by atoms with E-state index in [9.17, 15) is 45.6 Å². The first-order chi connectivity index (χ1) is 21.7. The first kappa shape index (κ1) is 28.8. The van der Waals surface area contributed by atoms with Crippen molar-refractivity contribution in [3.8, 4) is 48.6 Å². The van der Waals surface area contributed by atoms with Crippen LogP contribution in [-0.4, -0.2) is 4.98 Å². The largest absolute Gasteiger partial charge is 0.227 e. The quantitative estimate of drug-likeness (QED) is 0.265. The highest BCUT2D eigenvalue weighted by Crippen LogP contribution is 2.54. The number of fused-ring (bicyclic) bond motifs is 2. The average Bonchev–Trinajstić information content (AvgIpc) is 3.53. The number of nitriles is 8. The fourth-order valence-corrected chi connectivity index (χ4v) is 5.33. The zero-order chi connectivity index (χ0) is 32.6. The fourth-order valence-electron chi connectivity index (χ4n) is 5.33. The van der Waals surface area contributed by atoms with Crippen LogP contribution in [0, 0.1) is 108 Å². The van der Waals surface area contributed by atoms with Gasteiger partial charge in [-0.25, -0.2) is 13.8 Å². The molecular weight excluding hydrogens is 579 g/mol. The third-order valence-corrected chi connectivity index (χ3v) is 7.11. The molecule has 0 amide bonds. The van der Waals surface area contributed by atoms with E-state index in [0.29, 0.717) is 12.1 Å².